The third-order valence-corrected chi connectivity index (χ3v) is 12.8. The first-order valence-electron chi connectivity index (χ1n) is 20.7. The lowest BCUT2D eigenvalue weighted by Gasteiger charge is -2.30. The van der Waals surface area contributed by atoms with Crippen LogP contribution in [0.25, 0.3) is 65.4 Å². The highest BCUT2D eigenvalue weighted by molar-refractivity contribution is 6.16. The Balaban J connectivity index is 1.08. The summed E-state index contributed by atoms with van der Waals surface area (Å²) in [5.74, 6) is 0. The zero-order chi connectivity index (χ0) is 40.0. The first-order valence-corrected chi connectivity index (χ1v) is 20.7. The van der Waals surface area contributed by atoms with E-state index in [4.69, 9.17) is 4.42 Å². The molecule has 0 saturated carbocycles. The Hall–Kier alpha value is -7.62. The van der Waals surface area contributed by atoms with E-state index < -0.39 is 0 Å². The molecule has 0 saturated heterocycles. The molecule has 1 aromatic heterocycles. The van der Waals surface area contributed by atoms with Crippen LogP contribution in [0.4, 0.5) is 34.1 Å². The molecule has 284 valence electrons. The molecule has 12 rings (SSSR count). The summed E-state index contributed by atoms with van der Waals surface area (Å²) in [5.41, 5.74) is 13.5. The molecular weight excluding hydrogens is 729 g/mol. The van der Waals surface area contributed by atoms with Gasteiger partial charge in [0.1, 0.15) is 11.2 Å². The van der Waals surface area contributed by atoms with Gasteiger partial charge in [-0.1, -0.05) is 129 Å². The summed E-state index contributed by atoms with van der Waals surface area (Å²) in [7, 11) is 0. The number of para-hydroxylation sites is 3. The maximum Gasteiger partial charge on any atom is 0.137 e. The largest absolute Gasteiger partial charge is 0.456 e. The summed E-state index contributed by atoms with van der Waals surface area (Å²) in [6.45, 7) is 4.74. The fourth-order valence-corrected chi connectivity index (χ4v) is 9.83. The lowest BCUT2D eigenvalue weighted by molar-refractivity contribution is 0.661. The molecule has 10 aromatic carbocycles. The molecule has 3 nitrogen and oxygen atoms in total. The van der Waals surface area contributed by atoms with Gasteiger partial charge in [0.2, 0.25) is 0 Å². The number of hydrogen-bond acceptors (Lipinski definition) is 3. The van der Waals surface area contributed by atoms with Crippen molar-refractivity contribution >= 4 is 88.4 Å². The molecule has 0 N–H and O–H groups in total. The second-order valence-electron chi connectivity index (χ2n) is 16.6. The summed E-state index contributed by atoms with van der Waals surface area (Å²) < 4.78 is 6.47. The van der Waals surface area contributed by atoms with Gasteiger partial charge in [0, 0.05) is 56.1 Å². The summed E-state index contributed by atoms with van der Waals surface area (Å²) in [6, 6.07) is 75.0. The predicted octanol–water partition coefficient (Wildman–Crippen LogP) is 16.3. The number of rotatable bonds is 6. The lowest BCUT2D eigenvalue weighted by atomic mass is 9.81. The van der Waals surface area contributed by atoms with Crippen LogP contribution in [0.2, 0.25) is 0 Å². The van der Waals surface area contributed by atoms with Crippen molar-refractivity contribution in [3.63, 3.8) is 0 Å². The van der Waals surface area contributed by atoms with Gasteiger partial charge in [-0.25, -0.2) is 0 Å². The number of anilines is 6. The van der Waals surface area contributed by atoms with Gasteiger partial charge in [0.25, 0.3) is 0 Å². The summed E-state index contributed by atoms with van der Waals surface area (Å²) in [6.07, 6.45) is 0. The molecule has 0 amide bonds. The third kappa shape index (κ3) is 5.29. The van der Waals surface area contributed by atoms with Crippen LogP contribution in [0.1, 0.15) is 25.0 Å². The summed E-state index contributed by atoms with van der Waals surface area (Å²) >= 11 is 0. The Morgan fingerprint density at radius 1 is 0.333 bits per heavy atom. The van der Waals surface area contributed by atoms with E-state index in [1.54, 1.807) is 0 Å². The van der Waals surface area contributed by atoms with Gasteiger partial charge in [0.05, 0.1) is 5.69 Å². The lowest BCUT2D eigenvalue weighted by Crippen LogP contribution is -2.16. The maximum atomic E-state index is 6.47. The average Bonchev–Trinajstić information content (AvgIpc) is 3.77. The van der Waals surface area contributed by atoms with E-state index in [9.17, 15) is 0 Å². The smallest absolute Gasteiger partial charge is 0.137 e. The molecule has 0 spiro atoms. The molecule has 0 atom stereocenters. The van der Waals surface area contributed by atoms with E-state index in [2.05, 4.69) is 218 Å². The van der Waals surface area contributed by atoms with Gasteiger partial charge in [0.15, 0.2) is 0 Å². The second kappa shape index (κ2) is 13.2. The van der Waals surface area contributed by atoms with E-state index >= 15 is 0 Å². The Bertz CT molecular complexity index is 3470. The molecule has 60 heavy (non-hydrogen) atoms. The minimum absolute atomic E-state index is 0.167. The second-order valence-corrected chi connectivity index (χ2v) is 16.6. The first-order chi connectivity index (χ1) is 29.5. The van der Waals surface area contributed by atoms with Crippen molar-refractivity contribution in [1.29, 1.82) is 0 Å². The van der Waals surface area contributed by atoms with E-state index in [1.165, 1.54) is 49.2 Å². The van der Waals surface area contributed by atoms with Crippen LogP contribution in [0.3, 0.4) is 0 Å². The zero-order valence-corrected chi connectivity index (χ0v) is 33.4. The molecule has 11 aromatic rings. The van der Waals surface area contributed by atoms with E-state index in [0.29, 0.717) is 0 Å². The number of furan rings is 1. The number of nitrogens with zero attached hydrogens (tertiary/aromatic N) is 2. The van der Waals surface area contributed by atoms with Crippen LogP contribution in [0.15, 0.2) is 211 Å². The van der Waals surface area contributed by atoms with Crippen molar-refractivity contribution < 1.29 is 4.42 Å². The van der Waals surface area contributed by atoms with Gasteiger partial charge in [-0.15, -0.1) is 0 Å². The van der Waals surface area contributed by atoms with Crippen LogP contribution in [-0.4, -0.2) is 0 Å². The van der Waals surface area contributed by atoms with Crippen molar-refractivity contribution in [3.8, 4) is 11.1 Å². The minimum atomic E-state index is -0.167. The quantitative estimate of drug-likeness (QED) is 0.157. The zero-order valence-electron chi connectivity index (χ0n) is 33.4. The van der Waals surface area contributed by atoms with Crippen LogP contribution >= 0.6 is 0 Å². The number of fused-ring (bicyclic) bond motifs is 10. The normalized spacial score (nSPS) is 13.0. The fourth-order valence-electron chi connectivity index (χ4n) is 9.83. The van der Waals surface area contributed by atoms with E-state index in [0.717, 1.165) is 61.4 Å². The molecule has 1 aliphatic carbocycles. The molecule has 1 aliphatic rings. The monoisotopic (exact) mass is 768 g/mol. The SMILES string of the molecule is CC1(C)c2cc(N(c3ccccc3)c3ccc4c(c3)c(N(c3ccccc3)c3ccc5c(c3)oc3ccccc35)cc3ccccc34)ccc2-c2cc3ccccc3cc21. The van der Waals surface area contributed by atoms with Crippen molar-refractivity contribution in [2.75, 3.05) is 9.80 Å². The van der Waals surface area contributed by atoms with Crippen molar-refractivity contribution in [3.05, 3.63) is 217 Å². The van der Waals surface area contributed by atoms with Crippen molar-refractivity contribution in [2.24, 2.45) is 0 Å². The highest BCUT2D eigenvalue weighted by Gasteiger charge is 2.36. The van der Waals surface area contributed by atoms with E-state index in [1.807, 2.05) is 12.1 Å². The molecule has 0 radical (unpaired) electrons. The molecule has 3 heteroatoms. The van der Waals surface area contributed by atoms with Gasteiger partial charge in [-0.2, -0.15) is 0 Å². The van der Waals surface area contributed by atoms with Gasteiger partial charge in [-0.3, -0.25) is 0 Å². The van der Waals surface area contributed by atoms with Crippen molar-refractivity contribution in [1.82, 2.24) is 0 Å². The molecule has 1 heterocycles. The molecule has 0 fully saturated rings. The molecule has 0 aliphatic heterocycles. The van der Waals surface area contributed by atoms with Crippen molar-refractivity contribution in [2.45, 2.75) is 19.3 Å². The van der Waals surface area contributed by atoms with Gasteiger partial charge in [-0.05, 0) is 134 Å². The van der Waals surface area contributed by atoms with Gasteiger partial charge < -0.3 is 14.2 Å². The highest BCUT2D eigenvalue weighted by atomic mass is 16.3. The summed E-state index contributed by atoms with van der Waals surface area (Å²) in [5, 5.41) is 9.55. The maximum absolute atomic E-state index is 6.47. The summed E-state index contributed by atoms with van der Waals surface area (Å²) in [4.78, 5) is 4.80. The first kappa shape index (κ1) is 34.4. The third-order valence-electron chi connectivity index (χ3n) is 12.8. The van der Waals surface area contributed by atoms with Crippen LogP contribution in [-0.2, 0) is 5.41 Å². The molecule has 0 unspecified atom stereocenters. The van der Waals surface area contributed by atoms with Gasteiger partial charge >= 0.3 is 0 Å². The Labute approximate surface area is 349 Å². The average molecular weight is 769 g/mol. The fraction of sp³-hybridized carbons (Fsp3) is 0.0526. The number of benzene rings is 10. The molecule has 0 bridgehead atoms. The van der Waals surface area contributed by atoms with Crippen LogP contribution in [0.5, 0.6) is 0 Å². The number of hydrogen-bond donors (Lipinski definition) is 0. The Kier molecular flexibility index (Phi) is 7.58. The molecular formula is C57H40N2O. The standard InChI is InChI=1S/C57H40N2O/c1-57(2)52-32-38-16-10-9-15-37(38)31-50(52)47-29-26-43(35-53(47)57)58(40-18-5-3-6-19-40)42-25-28-46-45-22-12-11-17-39(45)33-54(51(46)34-42)59(41-20-7-4-8-21-41)44-27-30-49-48-23-13-14-24-55(48)60-56(49)36-44/h3-36H,1-2H3. The highest BCUT2D eigenvalue weighted by Crippen LogP contribution is 2.52. The Morgan fingerprint density at radius 3 is 1.65 bits per heavy atom. The van der Waals surface area contributed by atoms with Crippen LogP contribution in [0, 0.1) is 0 Å². The predicted molar refractivity (Wildman–Crippen MR) is 253 cm³/mol. The van der Waals surface area contributed by atoms with E-state index in [-0.39, 0.29) is 5.41 Å². The Morgan fingerprint density at radius 2 is 0.883 bits per heavy atom. The topological polar surface area (TPSA) is 19.6 Å². The minimum Gasteiger partial charge on any atom is -0.456 e. The van der Waals surface area contributed by atoms with Crippen LogP contribution < -0.4 is 9.80 Å².